The van der Waals surface area contributed by atoms with Crippen molar-refractivity contribution in [2.75, 3.05) is 13.1 Å². The number of hydrogen-bond donors (Lipinski definition) is 1. The van der Waals surface area contributed by atoms with Crippen molar-refractivity contribution in [2.24, 2.45) is 5.73 Å². The van der Waals surface area contributed by atoms with Crippen molar-refractivity contribution in [1.82, 2.24) is 4.90 Å². The Labute approximate surface area is 128 Å². The van der Waals surface area contributed by atoms with Crippen molar-refractivity contribution < 1.29 is 0 Å². The van der Waals surface area contributed by atoms with E-state index in [9.17, 15) is 0 Å². The monoisotopic (exact) mass is 290 g/mol. The van der Waals surface area contributed by atoms with Crippen LogP contribution in [0.15, 0.2) is 18.2 Å². The molecule has 0 aromatic heterocycles. The number of rotatable bonds is 6. The molecule has 1 aromatic carbocycles. The predicted molar refractivity (Wildman–Crippen MR) is 90.3 cm³/mol. The van der Waals surface area contributed by atoms with Crippen LogP contribution in [0, 0.1) is 0 Å². The third-order valence-corrected chi connectivity index (χ3v) is 4.48. The Kier molecular flexibility index (Phi) is 5.55. The molecule has 20 heavy (non-hydrogen) atoms. The van der Waals surface area contributed by atoms with E-state index in [1.54, 1.807) is 0 Å². The molecular formula is C17H26N2S. The number of benzene rings is 1. The van der Waals surface area contributed by atoms with Crippen LogP contribution < -0.4 is 5.73 Å². The third-order valence-electron chi connectivity index (χ3n) is 4.26. The van der Waals surface area contributed by atoms with Crippen molar-refractivity contribution in [3.63, 3.8) is 0 Å². The first-order chi connectivity index (χ1) is 9.67. The van der Waals surface area contributed by atoms with E-state index in [1.165, 1.54) is 43.5 Å². The maximum Gasteiger partial charge on any atom is 0.104 e. The quantitative estimate of drug-likeness (QED) is 0.815. The largest absolute Gasteiger partial charge is 0.389 e. The van der Waals surface area contributed by atoms with Crippen molar-refractivity contribution in [2.45, 2.75) is 52.0 Å². The van der Waals surface area contributed by atoms with Gasteiger partial charge in [-0.2, -0.15) is 0 Å². The van der Waals surface area contributed by atoms with E-state index in [2.05, 4.69) is 36.9 Å². The number of thiocarbonyl (C=S) groups is 1. The van der Waals surface area contributed by atoms with Crippen LogP contribution in [0.3, 0.4) is 0 Å². The van der Waals surface area contributed by atoms with Crippen LogP contribution in [0.1, 0.15) is 49.8 Å². The van der Waals surface area contributed by atoms with Gasteiger partial charge in [0.1, 0.15) is 4.99 Å². The Balaban J connectivity index is 2.22. The lowest BCUT2D eigenvalue weighted by Gasteiger charge is -2.35. The molecule has 0 spiro atoms. The zero-order chi connectivity index (χ0) is 14.5. The normalized spacial score (nSPS) is 18.1. The van der Waals surface area contributed by atoms with Gasteiger partial charge in [0.05, 0.1) is 0 Å². The smallest absolute Gasteiger partial charge is 0.104 e. The van der Waals surface area contributed by atoms with Gasteiger partial charge in [-0.3, -0.25) is 0 Å². The number of nitrogens with two attached hydrogens (primary N) is 1. The summed E-state index contributed by atoms with van der Waals surface area (Å²) in [7, 11) is 0. The maximum absolute atomic E-state index is 5.89. The van der Waals surface area contributed by atoms with E-state index in [0.717, 1.165) is 18.4 Å². The third kappa shape index (κ3) is 3.39. The molecule has 1 aromatic rings. The summed E-state index contributed by atoms with van der Waals surface area (Å²) in [6, 6.07) is 7.05. The van der Waals surface area contributed by atoms with Gasteiger partial charge >= 0.3 is 0 Å². The fraction of sp³-hybridized carbons (Fsp3) is 0.588. The topological polar surface area (TPSA) is 29.3 Å². The van der Waals surface area contributed by atoms with Crippen LogP contribution >= 0.6 is 12.2 Å². The molecule has 0 saturated carbocycles. The SMILES string of the molecule is CCCN(CCC)C1CCc2cccc(C(N)=S)c2C1. The molecule has 3 heteroatoms. The summed E-state index contributed by atoms with van der Waals surface area (Å²) in [4.78, 5) is 3.19. The number of aryl methyl sites for hydroxylation is 1. The molecule has 0 aliphatic heterocycles. The number of hydrogen-bond acceptors (Lipinski definition) is 2. The molecule has 1 unspecified atom stereocenters. The zero-order valence-corrected chi connectivity index (χ0v) is 13.5. The van der Waals surface area contributed by atoms with Gasteiger partial charge in [-0.15, -0.1) is 0 Å². The zero-order valence-electron chi connectivity index (χ0n) is 12.7. The van der Waals surface area contributed by atoms with Gasteiger partial charge in [-0.1, -0.05) is 44.3 Å². The van der Waals surface area contributed by atoms with Crippen molar-refractivity contribution in [3.05, 3.63) is 34.9 Å². The Morgan fingerprint density at radius 3 is 2.60 bits per heavy atom. The Bertz CT molecular complexity index is 464. The lowest BCUT2D eigenvalue weighted by atomic mass is 9.84. The first kappa shape index (κ1) is 15.5. The molecule has 0 heterocycles. The first-order valence-electron chi connectivity index (χ1n) is 7.82. The first-order valence-corrected chi connectivity index (χ1v) is 8.22. The van der Waals surface area contributed by atoms with Crippen LogP contribution in [0.5, 0.6) is 0 Å². The molecule has 110 valence electrons. The van der Waals surface area contributed by atoms with Crippen molar-refractivity contribution in [3.8, 4) is 0 Å². The van der Waals surface area contributed by atoms with Crippen molar-refractivity contribution in [1.29, 1.82) is 0 Å². The van der Waals surface area contributed by atoms with Gasteiger partial charge in [0.2, 0.25) is 0 Å². The molecule has 2 rings (SSSR count). The van der Waals surface area contributed by atoms with E-state index in [-0.39, 0.29) is 0 Å². The Morgan fingerprint density at radius 1 is 1.30 bits per heavy atom. The predicted octanol–water partition coefficient (Wildman–Crippen LogP) is 3.30. The Morgan fingerprint density at radius 2 is 2.00 bits per heavy atom. The highest BCUT2D eigenvalue weighted by atomic mass is 32.1. The minimum Gasteiger partial charge on any atom is -0.389 e. The maximum atomic E-state index is 5.89. The lowest BCUT2D eigenvalue weighted by Crippen LogP contribution is -2.40. The summed E-state index contributed by atoms with van der Waals surface area (Å²) >= 11 is 5.22. The molecule has 1 aliphatic carbocycles. The highest BCUT2D eigenvalue weighted by Gasteiger charge is 2.25. The minimum absolute atomic E-state index is 0.542. The molecular weight excluding hydrogens is 264 g/mol. The van der Waals surface area contributed by atoms with E-state index >= 15 is 0 Å². The second-order valence-electron chi connectivity index (χ2n) is 5.74. The summed E-state index contributed by atoms with van der Waals surface area (Å²) in [6.07, 6.45) is 5.96. The molecule has 0 bridgehead atoms. The van der Waals surface area contributed by atoms with E-state index in [0.29, 0.717) is 11.0 Å². The van der Waals surface area contributed by atoms with E-state index in [4.69, 9.17) is 18.0 Å². The van der Waals surface area contributed by atoms with Crippen LogP contribution in [0.2, 0.25) is 0 Å². The second-order valence-corrected chi connectivity index (χ2v) is 6.18. The summed E-state index contributed by atoms with van der Waals surface area (Å²) in [5, 5.41) is 0. The van der Waals surface area contributed by atoms with E-state index < -0.39 is 0 Å². The fourth-order valence-electron chi connectivity index (χ4n) is 3.36. The van der Waals surface area contributed by atoms with Crippen molar-refractivity contribution >= 4 is 17.2 Å². The molecule has 0 saturated heterocycles. The van der Waals surface area contributed by atoms with Gasteiger partial charge in [-0.25, -0.2) is 0 Å². The van der Waals surface area contributed by atoms with Gasteiger partial charge in [0.15, 0.2) is 0 Å². The van der Waals surface area contributed by atoms with Crippen LogP contribution in [-0.4, -0.2) is 29.0 Å². The molecule has 0 amide bonds. The molecule has 0 radical (unpaired) electrons. The standard InChI is InChI=1S/C17H26N2S/c1-3-10-19(11-4-2)14-9-8-13-6-5-7-15(17(18)20)16(13)12-14/h5-7,14H,3-4,8-12H2,1-2H3,(H2,18,20). The van der Waals surface area contributed by atoms with Gasteiger partial charge < -0.3 is 10.6 Å². The molecule has 1 atom stereocenters. The molecule has 2 N–H and O–H groups in total. The highest BCUT2D eigenvalue weighted by Crippen LogP contribution is 2.27. The average Bonchev–Trinajstić information content (AvgIpc) is 2.45. The number of fused-ring (bicyclic) bond motifs is 1. The van der Waals surface area contributed by atoms with Crippen LogP contribution in [-0.2, 0) is 12.8 Å². The van der Waals surface area contributed by atoms with Crippen LogP contribution in [0.25, 0.3) is 0 Å². The van der Waals surface area contributed by atoms with Gasteiger partial charge in [0, 0.05) is 11.6 Å². The molecule has 0 fully saturated rings. The minimum atomic E-state index is 0.542. The van der Waals surface area contributed by atoms with Gasteiger partial charge in [-0.05, 0) is 56.3 Å². The fourth-order valence-corrected chi connectivity index (χ4v) is 3.55. The second kappa shape index (κ2) is 7.19. The van der Waals surface area contributed by atoms with E-state index in [1.807, 2.05) is 0 Å². The summed E-state index contributed by atoms with van der Waals surface area (Å²) in [5.41, 5.74) is 9.83. The molecule has 1 aliphatic rings. The summed E-state index contributed by atoms with van der Waals surface area (Å²) in [5.74, 6) is 0. The summed E-state index contributed by atoms with van der Waals surface area (Å²) in [6.45, 7) is 6.92. The lowest BCUT2D eigenvalue weighted by molar-refractivity contribution is 0.180. The van der Waals surface area contributed by atoms with Crippen LogP contribution in [0.4, 0.5) is 0 Å². The molecule has 2 nitrogen and oxygen atoms in total. The average molecular weight is 290 g/mol. The summed E-state index contributed by atoms with van der Waals surface area (Å²) < 4.78 is 0. The van der Waals surface area contributed by atoms with Gasteiger partial charge in [0.25, 0.3) is 0 Å². The Hall–Kier alpha value is -0.930. The highest BCUT2D eigenvalue weighted by molar-refractivity contribution is 7.80. The number of nitrogens with zero attached hydrogens (tertiary/aromatic N) is 1.